The highest BCUT2D eigenvalue weighted by atomic mass is 16.5. The van der Waals surface area contributed by atoms with Gasteiger partial charge in [-0.1, -0.05) is 36.4 Å². The Kier molecular flexibility index (Phi) is 6.84. The van der Waals surface area contributed by atoms with E-state index in [2.05, 4.69) is 20.9 Å². The Morgan fingerprint density at radius 3 is 2.68 bits per heavy atom. The molecule has 9 nitrogen and oxygen atoms in total. The van der Waals surface area contributed by atoms with E-state index in [9.17, 15) is 10.2 Å². The van der Waals surface area contributed by atoms with Crippen LogP contribution in [0.15, 0.2) is 48.5 Å². The summed E-state index contributed by atoms with van der Waals surface area (Å²) in [6.07, 6.45) is 0.826. The van der Waals surface area contributed by atoms with Crippen LogP contribution in [0.2, 0.25) is 0 Å². The summed E-state index contributed by atoms with van der Waals surface area (Å²) in [4.78, 5) is 18.2. The van der Waals surface area contributed by atoms with Crippen molar-refractivity contribution in [3.05, 3.63) is 59.7 Å². The smallest absolute Gasteiger partial charge is 0.321 e. The normalized spacial score (nSPS) is 18.5. The van der Waals surface area contributed by atoms with Crippen LogP contribution in [0.25, 0.3) is 11.4 Å². The van der Waals surface area contributed by atoms with Gasteiger partial charge in [0, 0.05) is 31.7 Å². The number of rotatable bonds is 7. The summed E-state index contributed by atoms with van der Waals surface area (Å²) in [5.74, 6) is 0.996. The highest BCUT2D eigenvalue weighted by molar-refractivity contribution is 5.59. The number of fused-ring (bicyclic) bond motifs is 1. The number of anilines is 1. The fourth-order valence-corrected chi connectivity index (χ4v) is 4.49. The molecule has 0 spiro atoms. The molecule has 3 heterocycles. The van der Waals surface area contributed by atoms with Crippen LogP contribution in [0.1, 0.15) is 17.2 Å². The van der Waals surface area contributed by atoms with E-state index in [1.165, 1.54) is 5.56 Å². The number of aliphatic hydroxyl groups excluding tert-OH is 1. The third kappa shape index (κ3) is 4.96. The molecule has 0 amide bonds. The minimum Gasteiger partial charge on any atom is -0.508 e. The molecule has 2 N–H and O–H groups in total. The van der Waals surface area contributed by atoms with Crippen molar-refractivity contribution >= 4 is 5.95 Å². The first-order valence-corrected chi connectivity index (χ1v) is 11.6. The van der Waals surface area contributed by atoms with Gasteiger partial charge in [0.05, 0.1) is 25.9 Å². The van der Waals surface area contributed by atoms with Crippen LogP contribution in [0, 0.1) is 0 Å². The van der Waals surface area contributed by atoms with Crippen molar-refractivity contribution in [1.82, 2.24) is 19.9 Å². The molecule has 3 aromatic rings. The third-order valence-corrected chi connectivity index (χ3v) is 6.29. The lowest BCUT2D eigenvalue weighted by atomic mass is 9.93. The van der Waals surface area contributed by atoms with Gasteiger partial charge in [-0.25, -0.2) is 0 Å². The van der Waals surface area contributed by atoms with Crippen molar-refractivity contribution in [1.29, 1.82) is 0 Å². The second kappa shape index (κ2) is 10.3. The van der Waals surface area contributed by atoms with Crippen molar-refractivity contribution in [2.75, 3.05) is 57.5 Å². The van der Waals surface area contributed by atoms with E-state index >= 15 is 0 Å². The van der Waals surface area contributed by atoms with Crippen LogP contribution in [0.4, 0.5) is 5.95 Å². The first-order chi connectivity index (χ1) is 16.7. The highest BCUT2D eigenvalue weighted by Gasteiger charge is 2.29. The number of aromatic hydroxyl groups is 1. The van der Waals surface area contributed by atoms with Gasteiger partial charge >= 0.3 is 6.01 Å². The SMILES string of the molecule is OCC1c2ccccc2CCN1c1nc(OCCN2CCOCC2)nc(-c2cccc(O)c2)n1. The van der Waals surface area contributed by atoms with Crippen LogP contribution in [0.3, 0.4) is 0 Å². The number of hydrogen-bond acceptors (Lipinski definition) is 9. The molecule has 0 radical (unpaired) electrons. The molecule has 34 heavy (non-hydrogen) atoms. The minimum atomic E-state index is -0.259. The van der Waals surface area contributed by atoms with E-state index in [1.807, 2.05) is 29.2 Å². The van der Waals surface area contributed by atoms with E-state index in [1.54, 1.807) is 18.2 Å². The first-order valence-electron chi connectivity index (χ1n) is 11.6. The average molecular weight is 464 g/mol. The molecule has 2 aromatic carbocycles. The molecule has 178 valence electrons. The maximum absolute atomic E-state index is 10.3. The zero-order chi connectivity index (χ0) is 23.3. The van der Waals surface area contributed by atoms with Gasteiger partial charge in [0.1, 0.15) is 12.4 Å². The number of benzene rings is 2. The van der Waals surface area contributed by atoms with Crippen LogP contribution < -0.4 is 9.64 Å². The molecule has 5 rings (SSSR count). The molecule has 2 aliphatic heterocycles. The fourth-order valence-electron chi connectivity index (χ4n) is 4.49. The standard InChI is InChI=1S/C25H29N5O4/c31-17-22-21-7-2-1-4-18(21)8-9-30(22)24-26-23(19-5-3-6-20(32)16-19)27-25(28-24)34-15-12-29-10-13-33-14-11-29/h1-7,16,22,31-32H,8-15,17H2. The number of morpholine rings is 1. The first kappa shape index (κ1) is 22.5. The monoisotopic (exact) mass is 463 g/mol. The molecular weight excluding hydrogens is 434 g/mol. The Labute approximate surface area is 198 Å². The number of nitrogens with zero attached hydrogens (tertiary/aromatic N) is 5. The van der Waals surface area contributed by atoms with Crippen molar-refractivity contribution in [3.8, 4) is 23.1 Å². The van der Waals surface area contributed by atoms with Crippen LogP contribution in [0.5, 0.6) is 11.8 Å². The Morgan fingerprint density at radius 1 is 1.00 bits per heavy atom. The van der Waals surface area contributed by atoms with Crippen molar-refractivity contribution in [2.45, 2.75) is 12.5 Å². The highest BCUT2D eigenvalue weighted by Crippen LogP contribution is 2.33. The second-order valence-electron chi connectivity index (χ2n) is 8.43. The van der Waals surface area contributed by atoms with E-state index in [4.69, 9.17) is 14.5 Å². The number of ether oxygens (including phenoxy) is 2. The Balaban J connectivity index is 1.44. The van der Waals surface area contributed by atoms with Gasteiger partial charge in [-0.3, -0.25) is 4.90 Å². The third-order valence-electron chi connectivity index (χ3n) is 6.29. The number of aliphatic hydroxyl groups is 1. The largest absolute Gasteiger partial charge is 0.508 e. The lowest BCUT2D eigenvalue weighted by Crippen LogP contribution is -2.39. The van der Waals surface area contributed by atoms with Crippen LogP contribution in [-0.4, -0.2) is 82.7 Å². The van der Waals surface area contributed by atoms with E-state index < -0.39 is 0 Å². The minimum absolute atomic E-state index is 0.0582. The topological polar surface area (TPSA) is 104 Å². The van der Waals surface area contributed by atoms with Gasteiger partial charge in [-0.2, -0.15) is 15.0 Å². The molecule has 1 unspecified atom stereocenters. The molecule has 2 aliphatic rings. The molecule has 1 atom stereocenters. The summed E-state index contributed by atoms with van der Waals surface area (Å²) in [6, 6.07) is 14.9. The van der Waals surface area contributed by atoms with Crippen LogP contribution in [-0.2, 0) is 11.2 Å². The zero-order valence-corrected chi connectivity index (χ0v) is 19.0. The van der Waals surface area contributed by atoms with E-state index in [-0.39, 0.29) is 24.4 Å². The summed E-state index contributed by atoms with van der Waals surface area (Å²) in [7, 11) is 0. The molecule has 9 heteroatoms. The second-order valence-corrected chi connectivity index (χ2v) is 8.43. The molecule has 0 aliphatic carbocycles. The fraction of sp³-hybridized carbons (Fsp3) is 0.400. The molecule has 1 saturated heterocycles. The van der Waals surface area contributed by atoms with Crippen molar-refractivity contribution in [2.24, 2.45) is 0 Å². The average Bonchev–Trinajstić information content (AvgIpc) is 2.88. The van der Waals surface area contributed by atoms with Gasteiger partial charge in [0.2, 0.25) is 5.95 Å². The number of phenolic OH excluding ortho intramolecular Hbond substituents is 1. The van der Waals surface area contributed by atoms with E-state index in [0.29, 0.717) is 30.5 Å². The quantitative estimate of drug-likeness (QED) is 0.545. The maximum Gasteiger partial charge on any atom is 0.321 e. The molecule has 0 saturated carbocycles. The lowest BCUT2D eigenvalue weighted by molar-refractivity contribution is 0.0317. The van der Waals surface area contributed by atoms with Crippen molar-refractivity contribution < 1.29 is 19.7 Å². The zero-order valence-electron chi connectivity index (χ0n) is 19.0. The predicted molar refractivity (Wildman–Crippen MR) is 127 cm³/mol. The number of phenols is 1. The molecular formula is C25H29N5O4. The maximum atomic E-state index is 10.3. The van der Waals surface area contributed by atoms with Gasteiger partial charge in [0.25, 0.3) is 0 Å². The Bertz CT molecular complexity index is 1120. The molecule has 0 bridgehead atoms. The summed E-state index contributed by atoms with van der Waals surface area (Å²) in [5, 5.41) is 20.2. The number of aromatic nitrogens is 3. The summed E-state index contributed by atoms with van der Waals surface area (Å²) >= 11 is 0. The summed E-state index contributed by atoms with van der Waals surface area (Å²) in [5.41, 5.74) is 2.96. The summed E-state index contributed by atoms with van der Waals surface area (Å²) < 4.78 is 11.4. The van der Waals surface area contributed by atoms with E-state index in [0.717, 1.165) is 44.8 Å². The molecule has 1 fully saturated rings. The molecule has 1 aromatic heterocycles. The Morgan fingerprint density at radius 2 is 1.85 bits per heavy atom. The van der Waals surface area contributed by atoms with Gasteiger partial charge in [0.15, 0.2) is 5.82 Å². The van der Waals surface area contributed by atoms with Gasteiger partial charge < -0.3 is 24.6 Å². The van der Waals surface area contributed by atoms with Crippen LogP contribution >= 0.6 is 0 Å². The lowest BCUT2D eigenvalue weighted by Gasteiger charge is -2.36. The predicted octanol–water partition coefficient (Wildman–Crippen LogP) is 2.05. The van der Waals surface area contributed by atoms with Gasteiger partial charge in [-0.15, -0.1) is 0 Å². The number of hydrogen-bond donors (Lipinski definition) is 2. The summed E-state index contributed by atoms with van der Waals surface area (Å²) in [6.45, 7) is 5.03. The Hall–Kier alpha value is -3.27. The van der Waals surface area contributed by atoms with Crippen molar-refractivity contribution in [3.63, 3.8) is 0 Å². The van der Waals surface area contributed by atoms with Gasteiger partial charge in [-0.05, 0) is 29.7 Å².